The fourth-order valence-corrected chi connectivity index (χ4v) is 5.64. The van der Waals surface area contributed by atoms with Crippen molar-refractivity contribution < 1.29 is 27.3 Å². The highest BCUT2D eigenvalue weighted by atomic mass is 35.5. The van der Waals surface area contributed by atoms with E-state index in [2.05, 4.69) is 0 Å². The minimum atomic E-state index is -4.75. The van der Waals surface area contributed by atoms with Crippen LogP contribution in [0.3, 0.4) is 0 Å². The molecule has 214 valence electrons. The molecule has 1 amide bonds. The molecule has 41 heavy (non-hydrogen) atoms. The van der Waals surface area contributed by atoms with Gasteiger partial charge in [0.25, 0.3) is 15.6 Å². The first-order valence-electron chi connectivity index (χ1n) is 12.1. The summed E-state index contributed by atoms with van der Waals surface area (Å²) in [6.45, 7) is 6.09. The Balaban J connectivity index is 1.99. The van der Waals surface area contributed by atoms with Gasteiger partial charge in [0.1, 0.15) is 11.3 Å². The maximum absolute atomic E-state index is 13.9. The van der Waals surface area contributed by atoms with Gasteiger partial charge >= 0.3 is 11.7 Å². The van der Waals surface area contributed by atoms with E-state index in [0.717, 1.165) is 28.7 Å². The van der Waals surface area contributed by atoms with Crippen LogP contribution in [-0.2, 0) is 30.9 Å². The number of carbonyl (C=O) groups is 2. The second kappa shape index (κ2) is 11.1. The van der Waals surface area contributed by atoms with E-state index in [1.165, 1.54) is 53.2 Å². The van der Waals surface area contributed by atoms with E-state index in [0.29, 0.717) is 0 Å². The lowest BCUT2D eigenvalue weighted by molar-refractivity contribution is -0.685. The van der Waals surface area contributed by atoms with Crippen molar-refractivity contribution in [1.82, 2.24) is 8.65 Å². The number of esters is 1. The summed E-state index contributed by atoms with van der Waals surface area (Å²) in [5.41, 5.74) is -3.24. The van der Waals surface area contributed by atoms with Crippen molar-refractivity contribution in [3.63, 3.8) is 0 Å². The number of pyridine rings is 1. The van der Waals surface area contributed by atoms with Gasteiger partial charge in [-0.1, -0.05) is 23.2 Å². The van der Waals surface area contributed by atoms with Crippen LogP contribution in [0, 0.1) is 0 Å². The summed E-state index contributed by atoms with van der Waals surface area (Å²) in [5.74, 6) is -1.26. The van der Waals surface area contributed by atoms with Crippen molar-refractivity contribution >= 4 is 61.7 Å². The van der Waals surface area contributed by atoms with E-state index >= 15 is 0 Å². The largest absolute Gasteiger partial charge is 0.455 e. The fraction of sp³-hybridized carbons (Fsp3) is 0.222. The van der Waals surface area contributed by atoms with Crippen LogP contribution in [0.5, 0.6) is 0 Å². The monoisotopic (exact) mass is 619 g/mol. The third kappa shape index (κ3) is 6.19. The third-order valence-corrected chi connectivity index (χ3v) is 7.78. The minimum absolute atomic E-state index is 0.0834. The van der Waals surface area contributed by atoms with Gasteiger partial charge in [0.15, 0.2) is 12.4 Å². The van der Waals surface area contributed by atoms with Crippen LogP contribution in [0.2, 0.25) is 10.0 Å². The summed E-state index contributed by atoms with van der Waals surface area (Å²) in [6.07, 6.45) is 2.95. The Hall–Kier alpha value is -4.00. The molecule has 0 saturated heterocycles. The van der Waals surface area contributed by atoms with Gasteiger partial charge in [0.05, 0.1) is 15.8 Å². The van der Waals surface area contributed by atoms with Gasteiger partial charge in [-0.15, -0.1) is 3.97 Å². The first-order valence-corrected chi connectivity index (χ1v) is 14.3. The van der Waals surface area contributed by atoms with Crippen LogP contribution in [-0.4, -0.2) is 34.5 Å². The number of anilines is 1. The summed E-state index contributed by atoms with van der Waals surface area (Å²) in [7, 11) is -4.75. The quantitative estimate of drug-likeness (QED) is 0.239. The molecule has 2 aromatic carbocycles. The molecule has 0 aliphatic carbocycles. The Kier molecular flexibility index (Phi) is 8.12. The first-order chi connectivity index (χ1) is 19.1. The molecular formula is C27H25Cl2N4O7S+. The molecule has 0 fully saturated rings. The van der Waals surface area contributed by atoms with Crippen LogP contribution >= 0.6 is 23.2 Å². The van der Waals surface area contributed by atoms with Crippen molar-refractivity contribution in [1.29, 1.82) is 0 Å². The summed E-state index contributed by atoms with van der Waals surface area (Å²) in [4.78, 5) is 52.5. The van der Waals surface area contributed by atoms with Gasteiger partial charge in [-0.3, -0.25) is 9.59 Å². The van der Waals surface area contributed by atoms with E-state index in [1.807, 2.05) is 0 Å². The standard InChI is InChI=1S/C27H25Cl2N4O7S/c1-17(34)31(20-6-5-13-30(15-20)16-24(35)40-27(2,3)4)32-23-14-19(29)9-12-22(23)25(36)33(26(32)37)41(38,39)21-10-7-18(28)8-11-21/h5-15H,16H2,1-4H3/q+1. The third-order valence-electron chi connectivity index (χ3n) is 5.63. The number of ether oxygens (including phenoxy) is 1. The topological polar surface area (TPSA) is 129 Å². The lowest BCUT2D eigenvalue weighted by Gasteiger charge is -2.24. The summed E-state index contributed by atoms with van der Waals surface area (Å²) in [5, 5.41) is 1.06. The SMILES string of the molecule is CC(=O)N(c1ccc[n+](CC(=O)OC(C)(C)C)c1)n1c(=O)n(S(=O)(=O)c2ccc(Cl)cc2)c(=O)c2ccc(Cl)cc21. The molecule has 4 aromatic rings. The van der Waals surface area contributed by atoms with Crippen LogP contribution in [0.1, 0.15) is 27.7 Å². The summed E-state index contributed by atoms with van der Waals surface area (Å²) < 4.78 is 34.8. The van der Waals surface area contributed by atoms with E-state index in [-0.39, 0.29) is 42.0 Å². The molecule has 0 bridgehead atoms. The maximum Gasteiger partial charge on any atom is 0.373 e. The predicted octanol–water partition coefficient (Wildman–Crippen LogP) is 3.15. The molecule has 0 N–H and O–H groups in total. The Morgan fingerprint density at radius 2 is 1.63 bits per heavy atom. The second-order valence-electron chi connectivity index (χ2n) is 9.94. The Morgan fingerprint density at radius 1 is 1.00 bits per heavy atom. The lowest BCUT2D eigenvalue weighted by Crippen LogP contribution is -2.51. The van der Waals surface area contributed by atoms with Gasteiger partial charge in [0, 0.05) is 23.0 Å². The number of hydrogen-bond donors (Lipinski definition) is 0. The van der Waals surface area contributed by atoms with Crippen LogP contribution < -0.4 is 20.8 Å². The smallest absolute Gasteiger partial charge is 0.373 e. The molecular weight excluding hydrogens is 595 g/mol. The van der Waals surface area contributed by atoms with Gasteiger partial charge in [0.2, 0.25) is 12.5 Å². The molecule has 14 heteroatoms. The average Bonchev–Trinajstić information content (AvgIpc) is 2.85. The number of carbonyl (C=O) groups excluding carboxylic acids is 2. The number of hydrogen-bond acceptors (Lipinski definition) is 7. The lowest BCUT2D eigenvalue weighted by atomic mass is 10.2. The molecule has 11 nitrogen and oxygen atoms in total. The molecule has 0 aliphatic rings. The molecule has 0 radical (unpaired) electrons. The van der Waals surface area contributed by atoms with Crippen molar-refractivity contribution in [2.45, 2.75) is 44.7 Å². The molecule has 0 unspecified atom stereocenters. The Morgan fingerprint density at radius 3 is 2.24 bits per heavy atom. The van der Waals surface area contributed by atoms with Crippen LogP contribution in [0.25, 0.3) is 10.9 Å². The minimum Gasteiger partial charge on any atom is -0.455 e. The molecule has 0 saturated carbocycles. The number of amides is 1. The number of rotatable bonds is 6. The fourth-order valence-electron chi connectivity index (χ4n) is 4.06. The van der Waals surface area contributed by atoms with Crippen molar-refractivity contribution in [2.75, 3.05) is 5.01 Å². The number of nitrogens with zero attached hydrogens (tertiary/aromatic N) is 4. The van der Waals surface area contributed by atoms with Gasteiger partial charge in [-0.25, -0.2) is 23.0 Å². The van der Waals surface area contributed by atoms with E-state index in [1.54, 1.807) is 27.0 Å². The second-order valence-corrected chi connectivity index (χ2v) is 12.6. The molecule has 2 aromatic heterocycles. The van der Waals surface area contributed by atoms with Gasteiger partial charge < -0.3 is 4.74 Å². The van der Waals surface area contributed by atoms with Crippen molar-refractivity contribution in [2.24, 2.45) is 0 Å². The normalized spacial score (nSPS) is 11.9. The average molecular weight is 620 g/mol. The number of aromatic nitrogens is 3. The van der Waals surface area contributed by atoms with Gasteiger partial charge in [-0.05, 0) is 69.3 Å². The zero-order valence-electron chi connectivity index (χ0n) is 22.4. The molecule has 4 rings (SSSR count). The van der Waals surface area contributed by atoms with Crippen molar-refractivity contribution in [3.05, 3.63) is 97.9 Å². The summed E-state index contributed by atoms with van der Waals surface area (Å²) >= 11 is 12.1. The maximum atomic E-state index is 13.9. The number of fused-ring (bicyclic) bond motifs is 1. The van der Waals surface area contributed by atoms with E-state index in [9.17, 15) is 27.6 Å². The van der Waals surface area contributed by atoms with E-state index in [4.69, 9.17) is 27.9 Å². The van der Waals surface area contributed by atoms with Crippen LogP contribution in [0.15, 0.2) is 81.5 Å². The molecule has 2 heterocycles. The first kappa shape index (κ1) is 30.0. The van der Waals surface area contributed by atoms with Crippen LogP contribution in [0.4, 0.5) is 5.69 Å². The highest BCUT2D eigenvalue weighted by molar-refractivity contribution is 7.90. The summed E-state index contributed by atoms with van der Waals surface area (Å²) in [6, 6.07) is 11.8. The molecule has 0 spiro atoms. The Labute approximate surface area is 244 Å². The zero-order valence-corrected chi connectivity index (χ0v) is 24.7. The predicted molar refractivity (Wildman–Crippen MR) is 153 cm³/mol. The highest BCUT2D eigenvalue weighted by Gasteiger charge is 2.30. The van der Waals surface area contributed by atoms with Gasteiger partial charge in [-0.2, -0.15) is 9.24 Å². The van der Waals surface area contributed by atoms with E-state index < -0.39 is 38.7 Å². The molecule has 0 atom stereocenters. The number of benzene rings is 2. The number of halogens is 2. The zero-order chi connectivity index (χ0) is 30.3. The Bertz CT molecular complexity index is 1910. The highest BCUT2D eigenvalue weighted by Crippen LogP contribution is 2.22. The molecule has 0 aliphatic heterocycles. The van der Waals surface area contributed by atoms with Crippen molar-refractivity contribution in [3.8, 4) is 0 Å².